The van der Waals surface area contributed by atoms with Gasteiger partial charge in [0.1, 0.15) is 6.33 Å². The maximum absolute atomic E-state index is 11.0. The summed E-state index contributed by atoms with van der Waals surface area (Å²) in [4.78, 5) is 14.7. The monoisotopic (exact) mass is 202 g/mol. The summed E-state index contributed by atoms with van der Waals surface area (Å²) in [7, 11) is 0. The average molecular weight is 202 g/mol. The number of nitrogens with zero attached hydrogens (tertiary/aromatic N) is 3. The van der Waals surface area contributed by atoms with Crippen LogP contribution in [0.3, 0.4) is 0 Å². The van der Waals surface area contributed by atoms with Gasteiger partial charge in [0.2, 0.25) is 5.82 Å². The molecule has 0 aliphatic heterocycles. The molecule has 0 spiro atoms. The molecule has 0 aliphatic rings. The first-order chi connectivity index (χ1) is 6.25. The van der Waals surface area contributed by atoms with E-state index in [4.69, 9.17) is 0 Å². The molecule has 74 valence electrons. The second kappa shape index (κ2) is 6.47. The van der Waals surface area contributed by atoms with Crippen LogP contribution < -0.4 is 5.32 Å². The Morgan fingerprint density at radius 3 is 2.69 bits per heavy atom. The van der Waals surface area contributed by atoms with Crippen LogP contribution in [0, 0.1) is 0 Å². The number of hydrogen-bond donors (Lipinski definition) is 2. The van der Waals surface area contributed by atoms with Crippen LogP contribution in [-0.2, 0) is 0 Å². The van der Waals surface area contributed by atoms with Gasteiger partial charge in [-0.3, -0.25) is 4.79 Å². The zero-order chi connectivity index (χ0) is 10.3. The van der Waals surface area contributed by atoms with E-state index >= 15 is 0 Å². The number of carbonyl (C=O) groups is 1. The second-order valence-corrected chi connectivity index (χ2v) is 2.21. The maximum Gasteiger partial charge on any atom is 0.289 e. The van der Waals surface area contributed by atoms with Gasteiger partial charge in [0.15, 0.2) is 0 Å². The summed E-state index contributed by atoms with van der Waals surface area (Å²) >= 11 is 3.86. The lowest BCUT2D eigenvalue weighted by Gasteiger charge is -1.97. The molecule has 13 heavy (non-hydrogen) atoms. The first kappa shape index (κ1) is 12.0. The average Bonchev–Trinajstić information content (AvgIpc) is 2.55. The molecule has 0 unspecified atom stereocenters. The standard InChI is InChI=1S/C5H8N4OS.C2H6/c1-2-6-5(10)4-7-3-8-9(4)11;1-2/h3,11H,2H2,1H3,(H,6,10);1-2H3. The van der Waals surface area contributed by atoms with Gasteiger partial charge in [-0.15, -0.1) is 5.10 Å². The van der Waals surface area contributed by atoms with Gasteiger partial charge in [0.25, 0.3) is 5.91 Å². The molecule has 0 bridgehead atoms. The minimum absolute atomic E-state index is 0.204. The van der Waals surface area contributed by atoms with E-state index in [0.29, 0.717) is 6.54 Å². The Kier molecular flexibility index (Phi) is 5.96. The molecule has 0 saturated heterocycles. The quantitative estimate of drug-likeness (QED) is 0.696. The lowest BCUT2D eigenvalue weighted by atomic mass is 10.5. The van der Waals surface area contributed by atoms with Gasteiger partial charge in [0.05, 0.1) is 0 Å². The number of amides is 1. The van der Waals surface area contributed by atoms with Crippen molar-refractivity contribution >= 4 is 18.7 Å². The van der Waals surface area contributed by atoms with Crippen LogP contribution in [0.5, 0.6) is 0 Å². The molecule has 1 aromatic heterocycles. The molecule has 6 heteroatoms. The van der Waals surface area contributed by atoms with E-state index in [9.17, 15) is 4.79 Å². The second-order valence-electron chi connectivity index (χ2n) is 1.83. The zero-order valence-electron chi connectivity index (χ0n) is 7.98. The summed E-state index contributed by atoms with van der Waals surface area (Å²) in [6.45, 7) is 6.40. The van der Waals surface area contributed by atoms with Gasteiger partial charge >= 0.3 is 0 Å². The van der Waals surface area contributed by atoms with Crippen molar-refractivity contribution in [1.29, 1.82) is 0 Å². The van der Waals surface area contributed by atoms with Crippen molar-refractivity contribution in [2.24, 2.45) is 0 Å². The maximum atomic E-state index is 11.0. The van der Waals surface area contributed by atoms with E-state index in [-0.39, 0.29) is 11.7 Å². The minimum Gasteiger partial charge on any atom is -0.350 e. The predicted octanol–water partition coefficient (Wildman–Crippen LogP) is 0.747. The molecule has 5 nitrogen and oxygen atoms in total. The van der Waals surface area contributed by atoms with E-state index in [1.54, 1.807) is 0 Å². The van der Waals surface area contributed by atoms with Crippen molar-refractivity contribution < 1.29 is 4.79 Å². The number of nitrogens with one attached hydrogen (secondary N) is 1. The predicted molar refractivity (Wildman–Crippen MR) is 53.8 cm³/mol. The third-order valence-electron chi connectivity index (χ3n) is 1.07. The van der Waals surface area contributed by atoms with E-state index in [0.717, 1.165) is 4.09 Å². The summed E-state index contributed by atoms with van der Waals surface area (Å²) in [6, 6.07) is 0. The fourth-order valence-corrected chi connectivity index (χ4v) is 0.813. The van der Waals surface area contributed by atoms with Gasteiger partial charge in [0, 0.05) is 6.54 Å². The van der Waals surface area contributed by atoms with Gasteiger partial charge in [-0.05, 0) is 19.7 Å². The van der Waals surface area contributed by atoms with Crippen molar-refractivity contribution in [3.8, 4) is 0 Å². The summed E-state index contributed by atoms with van der Waals surface area (Å²) in [5.41, 5.74) is 0. The highest BCUT2D eigenvalue weighted by Gasteiger charge is 2.09. The summed E-state index contributed by atoms with van der Waals surface area (Å²) in [5, 5.41) is 6.21. The topological polar surface area (TPSA) is 59.8 Å². The lowest BCUT2D eigenvalue weighted by Crippen LogP contribution is -2.25. The van der Waals surface area contributed by atoms with E-state index < -0.39 is 0 Å². The highest BCUT2D eigenvalue weighted by atomic mass is 32.1. The Bertz CT molecular complexity index is 261. The van der Waals surface area contributed by atoms with Crippen LogP contribution in [0.4, 0.5) is 0 Å². The number of hydrogen-bond acceptors (Lipinski definition) is 4. The summed E-state index contributed by atoms with van der Waals surface area (Å²) in [5.74, 6) is -0.0600. The Morgan fingerprint density at radius 2 is 2.31 bits per heavy atom. The lowest BCUT2D eigenvalue weighted by molar-refractivity contribution is 0.0945. The van der Waals surface area contributed by atoms with Crippen LogP contribution in [0.2, 0.25) is 0 Å². The van der Waals surface area contributed by atoms with Crippen LogP contribution in [0.15, 0.2) is 6.33 Å². The molecule has 1 amide bonds. The highest BCUT2D eigenvalue weighted by molar-refractivity contribution is 7.78. The Hall–Kier alpha value is -1.04. The molecular formula is C7H14N4OS. The fourth-order valence-electron chi connectivity index (χ4n) is 0.625. The summed E-state index contributed by atoms with van der Waals surface area (Å²) < 4.78 is 1.13. The first-order valence-corrected chi connectivity index (χ1v) is 4.53. The molecule has 1 heterocycles. The smallest absolute Gasteiger partial charge is 0.289 e. The van der Waals surface area contributed by atoms with Gasteiger partial charge in [-0.1, -0.05) is 13.8 Å². The van der Waals surface area contributed by atoms with E-state index in [1.807, 2.05) is 20.8 Å². The molecule has 0 aromatic carbocycles. The third kappa shape index (κ3) is 3.45. The van der Waals surface area contributed by atoms with Crippen LogP contribution >= 0.6 is 12.8 Å². The van der Waals surface area contributed by atoms with Crippen molar-refractivity contribution in [3.63, 3.8) is 0 Å². The Balaban J connectivity index is 0.000000671. The molecule has 0 fully saturated rings. The van der Waals surface area contributed by atoms with Gasteiger partial charge < -0.3 is 5.32 Å². The normalized spacial score (nSPS) is 8.62. The number of thiol groups is 1. The molecule has 0 saturated carbocycles. The molecule has 0 atom stereocenters. The molecule has 1 N–H and O–H groups in total. The zero-order valence-corrected chi connectivity index (χ0v) is 8.88. The third-order valence-corrected chi connectivity index (χ3v) is 1.36. The molecule has 0 radical (unpaired) electrons. The van der Waals surface area contributed by atoms with Crippen LogP contribution in [0.1, 0.15) is 31.4 Å². The van der Waals surface area contributed by atoms with Gasteiger partial charge in [-0.25, -0.2) is 4.98 Å². The van der Waals surface area contributed by atoms with Crippen molar-refractivity contribution in [3.05, 3.63) is 12.2 Å². The molecule has 1 rings (SSSR count). The highest BCUT2D eigenvalue weighted by Crippen LogP contribution is 1.93. The van der Waals surface area contributed by atoms with Crippen molar-refractivity contribution in [2.45, 2.75) is 20.8 Å². The SMILES string of the molecule is CC.CCNC(=O)c1ncnn1S. The van der Waals surface area contributed by atoms with Crippen molar-refractivity contribution in [1.82, 2.24) is 19.5 Å². The Morgan fingerprint density at radius 1 is 1.69 bits per heavy atom. The molecular weight excluding hydrogens is 188 g/mol. The van der Waals surface area contributed by atoms with Crippen LogP contribution in [0.25, 0.3) is 0 Å². The van der Waals surface area contributed by atoms with Crippen LogP contribution in [-0.4, -0.2) is 26.6 Å². The molecule has 1 aromatic rings. The number of aromatic nitrogens is 3. The van der Waals surface area contributed by atoms with Crippen molar-refractivity contribution in [2.75, 3.05) is 6.54 Å². The van der Waals surface area contributed by atoms with E-state index in [2.05, 4.69) is 28.2 Å². The minimum atomic E-state index is -0.264. The van der Waals surface area contributed by atoms with Gasteiger partial charge in [-0.2, -0.15) is 4.09 Å². The molecule has 0 aliphatic carbocycles. The first-order valence-electron chi connectivity index (χ1n) is 4.13. The number of carbonyl (C=O) groups excluding carboxylic acids is 1. The largest absolute Gasteiger partial charge is 0.350 e. The fraction of sp³-hybridized carbons (Fsp3) is 0.571. The summed E-state index contributed by atoms with van der Waals surface area (Å²) in [6.07, 6.45) is 1.28. The van der Waals surface area contributed by atoms with E-state index in [1.165, 1.54) is 6.33 Å². The number of rotatable bonds is 2. The Labute approximate surface area is 83.1 Å².